The van der Waals surface area contributed by atoms with E-state index in [4.69, 9.17) is 4.42 Å². The summed E-state index contributed by atoms with van der Waals surface area (Å²) in [6.45, 7) is 1.92. The van der Waals surface area contributed by atoms with Gasteiger partial charge >= 0.3 is 0 Å². The quantitative estimate of drug-likeness (QED) is 0.625. The molecule has 23 heavy (non-hydrogen) atoms. The smallest absolute Gasteiger partial charge is 0.261 e. The van der Waals surface area contributed by atoms with Crippen molar-refractivity contribution in [2.24, 2.45) is 0 Å². The minimum Gasteiger partial charge on any atom is -0.421 e. The standard InChI is InChI=1S/C16H12N4O2S/c1-2-13-19-20-16(22-13)10-8-9-11(18-15(10)21)5-6-17-14(9)12-4-3-7-23-12/h3-8H,2H2,1H3,(H,18,21). The van der Waals surface area contributed by atoms with E-state index >= 15 is 0 Å². The van der Waals surface area contributed by atoms with Crippen molar-refractivity contribution in [1.29, 1.82) is 0 Å². The number of thiophene rings is 1. The first-order chi connectivity index (χ1) is 11.3. The van der Waals surface area contributed by atoms with E-state index in [0.29, 0.717) is 17.9 Å². The van der Waals surface area contributed by atoms with Crippen LogP contribution in [0.25, 0.3) is 32.9 Å². The van der Waals surface area contributed by atoms with Gasteiger partial charge in [0.1, 0.15) is 5.56 Å². The third kappa shape index (κ3) is 2.35. The summed E-state index contributed by atoms with van der Waals surface area (Å²) in [5.41, 5.74) is 1.65. The summed E-state index contributed by atoms with van der Waals surface area (Å²) in [6.07, 6.45) is 2.31. The van der Waals surface area contributed by atoms with Crippen LogP contribution in [0.5, 0.6) is 0 Å². The molecule has 7 heteroatoms. The molecular formula is C16H12N4O2S. The normalized spacial score (nSPS) is 11.2. The molecule has 4 heterocycles. The van der Waals surface area contributed by atoms with E-state index in [0.717, 1.165) is 21.5 Å². The Morgan fingerprint density at radius 3 is 2.96 bits per heavy atom. The number of pyridine rings is 2. The van der Waals surface area contributed by atoms with Crippen molar-refractivity contribution in [1.82, 2.24) is 20.2 Å². The van der Waals surface area contributed by atoms with E-state index in [9.17, 15) is 4.79 Å². The summed E-state index contributed by atoms with van der Waals surface area (Å²) in [4.78, 5) is 20.7. The number of aromatic amines is 1. The molecule has 1 N–H and O–H groups in total. The van der Waals surface area contributed by atoms with Gasteiger partial charge in [0.2, 0.25) is 5.89 Å². The van der Waals surface area contributed by atoms with Crippen LogP contribution in [0.1, 0.15) is 12.8 Å². The average molecular weight is 324 g/mol. The fourth-order valence-electron chi connectivity index (χ4n) is 2.40. The van der Waals surface area contributed by atoms with Crippen LogP contribution in [0.3, 0.4) is 0 Å². The molecule has 0 unspecified atom stereocenters. The van der Waals surface area contributed by atoms with Crippen LogP contribution in [-0.2, 0) is 6.42 Å². The molecule has 4 aromatic heterocycles. The van der Waals surface area contributed by atoms with Crippen molar-refractivity contribution >= 4 is 22.2 Å². The molecule has 0 spiro atoms. The lowest BCUT2D eigenvalue weighted by Gasteiger charge is -2.04. The third-order valence-electron chi connectivity index (χ3n) is 3.53. The second kappa shape index (κ2) is 5.44. The Morgan fingerprint density at radius 1 is 1.30 bits per heavy atom. The Bertz CT molecular complexity index is 1030. The highest BCUT2D eigenvalue weighted by Crippen LogP contribution is 2.30. The van der Waals surface area contributed by atoms with E-state index in [2.05, 4.69) is 20.2 Å². The summed E-state index contributed by atoms with van der Waals surface area (Å²) in [5.74, 6) is 0.732. The Hall–Kier alpha value is -2.80. The van der Waals surface area contributed by atoms with Crippen LogP contribution in [-0.4, -0.2) is 20.2 Å². The van der Waals surface area contributed by atoms with Crippen LogP contribution in [0.2, 0.25) is 0 Å². The second-order valence-corrected chi connectivity index (χ2v) is 5.91. The van der Waals surface area contributed by atoms with Crippen molar-refractivity contribution in [2.75, 3.05) is 0 Å². The van der Waals surface area contributed by atoms with E-state index in [-0.39, 0.29) is 11.4 Å². The Balaban J connectivity index is 1.98. The lowest BCUT2D eigenvalue weighted by atomic mass is 10.1. The minimum absolute atomic E-state index is 0.228. The highest BCUT2D eigenvalue weighted by molar-refractivity contribution is 7.13. The lowest BCUT2D eigenvalue weighted by molar-refractivity contribution is 0.512. The molecular weight excluding hydrogens is 312 g/mol. The maximum absolute atomic E-state index is 12.3. The summed E-state index contributed by atoms with van der Waals surface area (Å²) in [6, 6.07) is 7.52. The molecule has 0 saturated carbocycles. The summed E-state index contributed by atoms with van der Waals surface area (Å²) in [5, 5.41) is 10.7. The molecule has 6 nitrogen and oxygen atoms in total. The fraction of sp³-hybridized carbons (Fsp3) is 0.125. The second-order valence-electron chi connectivity index (χ2n) is 4.96. The summed E-state index contributed by atoms with van der Waals surface area (Å²) in [7, 11) is 0. The van der Waals surface area contributed by atoms with Gasteiger partial charge in [0.15, 0.2) is 0 Å². The first-order valence-electron chi connectivity index (χ1n) is 7.15. The molecule has 0 bridgehead atoms. The van der Waals surface area contributed by atoms with Crippen LogP contribution in [0.4, 0.5) is 0 Å². The zero-order chi connectivity index (χ0) is 15.8. The minimum atomic E-state index is -0.257. The number of H-pyrrole nitrogens is 1. The Labute approximate surface area is 134 Å². The van der Waals surface area contributed by atoms with Gasteiger partial charge in [-0.1, -0.05) is 13.0 Å². The summed E-state index contributed by atoms with van der Waals surface area (Å²) >= 11 is 1.60. The maximum Gasteiger partial charge on any atom is 0.261 e. The van der Waals surface area contributed by atoms with E-state index < -0.39 is 0 Å². The highest BCUT2D eigenvalue weighted by atomic mass is 32.1. The van der Waals surface area contributed by atoms with Gasteiger partial charge in [0.25, 0.3) is 11.4 Å². The Kier molecular flexibility index (Phi) is 3.27. The van der Waals surface area contributed by atoms with Gasteiger partial charge in [-0.25, -0.2) is 0 Å². The zero-order valence-electron chi connectivity index (χ0n) is 12.2. The number of rotatable bonds is 3. The molecule has 0 atom stereocenters. The summed E-state index contributed by atoms with van der Waals surface area (Å²) < 4.78 is 5.52. The van der Waals surface area contributed by atoms with Crippen molar-refractivity contribution in [3.63, 3.8) is 0 Å². The number of aromatic nitrogens is 4. The van der Waals surface area contributed by atoms with Crippen molar-refractivity contribution in [3.05, 3.63) is 52.1 Å². The first kappa shape index (κ1) is 13.8. The van der Waals surface area contributed by atoms with Crippen molar-refractivity contribution < 1.29 is 4.42 Å². The molecule has 0 radical (unpaired) electrons. The molecule has 0 saturated heterocycles. The van der Waals surface area contributed by atoms with Gasteiger partial charge in [-0.15, -0.1) is 21.5 Å². The van der Waals surface area contributed by atoms with E-state index in [1.807, 2.05) is 24.4 Å². The van der Waals surface area contributed by atoms with Gasteiger partial charge in [0.05, 0.1) is 16.1 Å². The molecule has 0 aliphatic heterocycles. The van der Waals surface area contributed by atoms with Crippen LogP contribution in [0.15, 0.2) is 45.1 Å². The molecule has 0 aliphatic rings. The predicted octanol–water partition coefficient (Wildman–Crippen LogP) is 3.26. The van der Waals surface area contributed by atoms with Crippen LogP contribution in [0, 0.1) is 0 Å². The maximum atomic E-state index is 12.3. The molecule has 0 aliphatic carbocycles. The van der Waals surface area contributed by atoms with Crippen molar-refractivity contribution in [3.8, 4) is 22.0 Å². The number of nitrogens with one attached hydrogen (secondary N) is 1. The first-order valence-corrected chi connectivity index (χ1v) is 8.03. The molecule has 4 rings (SSSR count). The van der Waals surface area contributed by atoms with Gasteiger partial charge < -0.3 is 9.40 Å². The molecule has 0 amide bonds. The molecule has 0 aromatic carbocycles. The van der Waals surface area contributed by atoms with Crippen molar-refractivity contribution in [2.45, 2.75) is 13.3 Å². The highest BCUT2D eigenvalue weighted by Gasteiger charge is 2.15. The van der Waals surface area contributed by atoms with Crippen LogP contribution >= 0.6 is 11.3 Å². The monoisotopic (exact) mass is 324 g/mol. The van der Waals surface area contributed by atoms with E-state index in [1.165, 1.54) is 0 Å². The van der Waals surface area contributed by atoms with Crippen LogP contribution < -0.4 is 5.56 Å². The predicted molar refractivity (Wildman–Crippen MR) is 88.3 cm³/mol. The van der Waals surface area contributed by atoms with Gasteiger partial charge in [-0.2, -0.15) is 0 Å². The van der Waals surface area contributed by atoms with Gasteiger partial charge in [-0.05, 0) is 23.6 Å². The molecule has 114 valence electrons. The fourth-order valence-corrected chi connectivity index (χ4v) is 3.14. The number of hydrogen-bond donors (Lipinski definition) is 1. The number of nitrogens with zero attached hydrogens (tertiary/aromatic N) is 3. The van der Waals surface area contributed by atoms with Gasteiger partial charge in [-0.3, -0.25) is 9.78 Å². The number of fused-ring (bicyclic) bond motifs is 1. The lowest BCUT2D eigenvalue weighted by Crippen LogP contribution is -2.09. The largest absolute Gasteiger partial charge is 0.421 e. The average Bonchev–Trinajstić information content (AvgIpc) is 3.25. The third-order valence-corrected chi connectivity index (χ3v) is 4.40. The Morgan fingerprint density at radius 2 is 2.22 bits per heavy atom. The SMILES string of the molecule is CCc1nnc(-c2cc3c(-c4cccs4)nccc3[nH]c2=O)o1. The number of hydrogen-bond acceptors (Lipinski definition) is 6. The zero-order valence-corrected chi connectivity index (χ0v) is 13.1. The number of aryl methyl sites for hydroxylation is 1. The molecule has 0 fully saturated rings. The van der Waals surface area contributed by atoms with Gasteiger partial charge in [0, 0.05) is 18.0 Å². The topological polar surface area (TPSA) is 84.7 Å². The van der Waals surface area contributed by atoms with E-state index in [1.54, 1.807) is 29.7 Å². The molecule has 4 aromatic rings.